The van der Waals surface area contributed by atoms with Crippen LogP contribution in [0.3, 0.4) is 0 Å². The predicted octanol–water partition coefficient (Wildman–Crippen LogP) is 4.03. The Labute approximate surface area is 134 Å². The Balaban J connectivity index is 2.10. The van der Waals surface area contributed by atoms with Crippen molar-refractivity contribution in [2.45, 2.75) is 78.4 Å². The van der Waals surface area contributed by atoms with Gasteiger partial charge in [0, 0.05) is 24.4 Å². The number of hydrogen-bond donors (Lipinski definition) is 0. The van der Waals surface area contributed by atoms with Gasteiger partial charge in [0.25, 0.3) is 0 Å². The summed E-state index contributed by atoms with van der Waals surface area (Å²) in [5.41, 5.74) is -0.493. The summed E-state index contributed by atoms with van der Waals surface area (Å²) in [4.78, 5) is 26.8. The minimum Gasteiger partial charge on any atom is -0.444 e. The first kappa shape index (κ1) is 17.3. The third-order valence-corrected chi connectivity index (χ3v) is 4.96. The summed E-state index contributed by atoms with van der Waals surface area (Å²) in [6.45, 7) is 10.6. The SMILES string of the molecule is CCC1CCN(C(=O)OC(C)(C)C)C(C(C)C(=O)C2CC2)C1. The number of Topliss-reactive ketones (excluding diaryl/α,β-unsaturated/α-hetero) is 1. The first-order valence-electron chi connectivity index (χ1n) is 8.76. The van der Waals surface area contributed by atoms with Crippen LogP contribution < -0.4 is 0 Å². The lowest BCUT2D eigenvalue weighted by Gasteiger charge is -2.42. The lowest BCUT2D eigenvalue weighted by Crippen LogP contribution is -2.52. The molecule has 2 fully saturated rings. The fourth-order valence-electron chi connectivity index (χ4n) is 3.40. The number of likely N-dealkylation sites (tertiary alicyclic amines) is 1. The minimum atomic E-state index is -0.493. The molecule has 2 aliphatic rings. The number of piperidine rings is 1. The van der Waals surface area contributed by atoms with E-state index in [1.54, 1.807) is 0 Å². The highest BCUT2D eigenvalue weighted by molar-refractivity contribution is 5.86. The van der Waals surface area contributed by atoms with Crippen LogP contribution >= 0.6 is 0 Å². The van der Waals surface area contributed by atoms with Crippen molar-refractivity contribution in [3.8, 4) is 0 Å². The van der Waals surface area contributed by atoms with Crippen LogP contribution in [0, 0.1) is 17.8 Å². The molecule has 0 bridgehead atoms. The quantitative estimate of drug-likeness (QED) is 0.787. The van der Waals surface area contributed by atoms with Gasteiger partial charge in [-0.15, -0.1) is 0 Å². The van der Waals surface area contributed by atoms with Gasteiger partial charge < -0.3 is 9.64 Å². The number of carbonyl (C=O) groups excluding carboxylic acids is 2. The van der Waals surface area contributed by atoms with Crippen molar-refractivity contribution in [3.63, 3.8) is 0 Å². The van der Waals surface area contributed by atoms with E-state index in [1.807, 2.05) is 32.6 Å². The number of rotatable bonds is 4. The van der Waals surface area contributed by atoms with Crippen LogP contribution in [0.1, 0.15) is 66.7 Å². The van der Waals surface area contributed by atoms with Crippen molar-refractivity contribution in [1.82, 2.24) is 4.90 Å². The molecule has 0 aromatic rings. The third kappa shape index (κ3) is 4.23. The molecule has 1 saturated heterocycles. The van der Waals surface area contributed by atoms with E-state index >= 15 is 0 Å². The van der Waals surface area contributed by atoms with Crippen molar-refractivity contribution in [2.24, 2.45) is 17.8 Å². The first-order valence-corrected chi connectivity index (χ1v) is 8.76. The molecule has 3 unspecified atom stereocenters. The molecule has 126 valence electrons. The second-order valence-corrected chi connectivity index (χ2v) is 8.01. The van der Waals surface area contributed by atoms with Gasteiger partial charge in [0.15, 0.2) is 0 Å². The van der Waals surface area contributed by atoms with Gasteiger partial charge in [-0.05, 0) is 52.4 Å². The van der Waals surface area contributed by atoms with Crippen LogP contribution in [0.25, 0.3) is 0 Å². The Morgan fingerprint density at radius 2 is 1.86 bits per heavy atom. The molecule has 0 spiro atoms. The van der Waals surface area contributed by atoms with E-state index in [-0.39, 0.29) is 24.0 Å². The highest BCUT2D eigenvalue weighted by Crippen LogP contribution is 2.37. The first-order chi connectivity index (χ1) is 10.2. The van der Waals surface area contributed by atoms with Gasteiger partial charge in [0.05, 0.1) is 0 Å². The van der Waals surface area contributed by atoms with E-state index in [0.29, 0.717) is 18.2 Å². The largest absolute Gasteiger partial charge is 0.444 e. The third-order valence-electron chi connectivity index (χ3n) is 4.96. The second kappa shape index (κ2) is 6.59. The molecule has 1 aliphatic carbocycles. The molecule has 0 radical (unpaired) electrons. The molecule has 3 atom stereocenters. The van der Waals surface area contributed by atoms with Crippen LogP contribution in [-0.2, 0) is 9.53 Å². The van der Waals surface area contributed by atoms with Crippen molar-refractivity contribution < 1.29 is 14.3 Å². The maximum absolute atomic E-state index is 12.5. The molecule has 1 saturated carbocycles. The molecule has 0 N–H and O–H groups in total. The summed E-state index contributed by atoms with van der Waals surface area (Å²) < 4.78 is 5.56. The van der Waals surface area contributed by atoms with E-state index in [2.05, 4.69) is 6.92 Å². The molecule has 4 heteroatoms. The monoisotopic (exact) mass is 309 g/mol. The number of ketones is 1. The highest BCUT2D eigenvalue weighted by Gasteiger charge is 2.42. The van der Waals surface area contributed by atoms with E-state index in [9.17, 15) is 9.59 Å². The predicted molar refractivity (Wildman–Crippen MR) is 86.6 cm³/mol. The zero-order chi connectivity index (χ0) is 16.5. The van der Waals surface area contributed by atoms with Gasteiger partial charge in [-0.2, -0.15) is 0 Å². The molecule has 0 aromatic carbocycles. The molecule has 1 aliphatic heterocycles. The van der Waals surface area contributed by atoms with Crippen molar-refractivity contribution in [3.05, 3.63) is 0 Å². The lowest BCUT2D eigenvalue weighted by molar-refractivity contribution is -0.126. The van der Waals surface area contributed by atoms with Gasteiger partial charge >= 0.3 is 6.09 Å². The topological polar surface area (TPSA) is 46.6 Å². The fraction of sp³-hybridized carbons (Fsp3) is 0.889. The molecule has 4 nitrogen and oxygen atoms in total. The molecule has 22 heavy (non-hydrogen) atoms. The van der Waals surface area contributed by atoms with Crippen LogP contribution in [0.15, 0.2) is 0 Å². The zero-order valence-electron chi connectivity index (χ0n) is 14.7. The number of hydrogen-bond acceptors (Lipinski definition) is 3. The summed E-state index contributed by atoms with van der Waals surface area (Å²) in [7, 11) is 0. The van der Waals surface area contributed by atoms with Gasteiger partial charge in [0.2, 0.25) is 0 Å². The number of nitrogens with zero attached hydrogens (tertiary/aromatic N) is 1. The summed E-state index contributed by atoms with van der Waals surface area (Å²) in [6, 6.07) is 0.00153. The molecular weight excluding hydrogens is 278 g/mol. The highest BCUT2D eigenvalue weighted by atomic mass is 16.6. The van der Waals surface area contributed by atoms with Crippen molar-refractivity contribution in [1.29, 1.82) is 0 Å². The van der Waals surface area contributed by atoms with Gasteiger partial charge in [-0.3, -0.25) is 4.79 Å². The van der Waals surface area contributed by atoms with Gasteiger partial charge in [-0.25, -0.2) is 4.79 Å². The normalized spacial score (nSPS) is 27.4. The van der Waals surface area contributed by atoms with Crippen molar-refractivity contribution >= 4 is 11.9 Å². The maximum Gasteiger partial charge on any atom is 0.410 e. The summed E-state index contributed by atoms with van der Waals surface area (Å²) in [5, 5.41) is 0. The smallest absolute Gasteiger partial charge is 0.410 e. The molecule has 1 amide bonds. The van der Waals surface area contributed by atoms with E-state index in [0.717, 1.165) is 32.1 Å². The van der Waals surface area contributed by atoms with E-state index in [4.69, 9.17) is 4.74 Å². The van der Waals surface area contributed by atoms with E-state index < -0.39 is 5.60 Å². The zero-order valence-corrected chi connectivity index (χ0v) is 14.7. The maximum atomic E-state index is 12.5. The van der Waals surface area contributed by atoms with E-state index in [1.165, 1.54) is 0 Å². The second-order valence-electron chi connectivity index (χ2n) is 8.01. The Morgan fingerprint density at radius 1 is 1.23 bits per heavy atom. The molecular formula is C18H31NO3. The van der Waals surface area contributed by atoms with Crippen LogP contribution in [-0.4, -0.2) is 35.0 Å². The standard InChI is InChI=1S/C18H31NO3/c1-6-13-9-10-19(17(21)22-18(3,4)5)15(11-13)12(2)16(20)14-7-8-14/h12-15H,6-11H2,1-5H3. The minimum absolute atomic E-state index is 0.00153. The van der Waals surface area contributed by atoms with Crippen molar-refractivity contribution in [2.75, 3.05) is 6.54 Å². The van der Waals surface area contributed by atoms with Crippen LogP contribution in [0.2, 0.25) is 0 Å². The molecule has 1 heterocycles. The molecule has 0 aromatic heterocycles. The molecule has 2 rings (SSSR count). The number of carbonyl (C=O) groups is 2. The summed E-state index contributed by atoms with van der Waals surface area (Å²) in [5.74, 6) is 1.13. The number of ether oxygens (including phenoxy) is 1. The average Bonchev–Trinajstić information content (AvgIpc) is 3.27. The Kier molecular flexibility index (Phi) is 5.18. The van der Waals surface area contributed by atoms with Gasteiger partial charge in [0.1, 0.15) is 11.4 Å². The Morgan fingerprint density at radius 3 is 2.36 bits per heavy atom. The Bertz CT molecular complexity index is 423. The lowest BCUT2D eigenvalue weighted by atomic mass is 9.81. The summed E-state index contributed by atoms with van der Waals surface area (Å²) in [6.07, 6.45) is 4.84. The Hall–Kier alpha value is -1.06. The van der Waals surface area contributed by atoms with Gasteiger partial charge in [-0.1, -0.05) is 20.3 Å². The van der Waals surface area contributed by atoms with Crippen LogP contribution in [0.4, 0.5) is 4.79 Å². The summed E-state index contributed by atoms with van der Waals surface area (Å²) >= 11 is 0. The van der Waals surface area contributed by atoms with Crippen LogP contribution in [0.5, 0.6) is 0 Å². The number of amides is 1. The average molecular weight is 309 g/mol. The fourth-order valence-corrected chi connectivity index (χ4v) is 3.40.